The smallest absolute Gasteiger partial charge is 0.243 e. The van der Waals surface area contributed by atoms with Gasteiger partial charge in [0.05, 0.1) is 18.1 Å². The van der Waals surface area contributed by atoms with Crippen LogP contribution in [0, 0.1) is 11.8 Å². The number of methoxy groups -OCH3 is 2. The predicted octanol–water partition coefficient (Wildman–Crippen LogP) is 1.67. The Balaban J connectivity index is 1.77. The van der Waals surface area contributed by atoms with Crippen molar-refractivity contribution in [2.75, 3.05) is 41.4 Å². The number of rotatable bonds is 5. The van der Waals surface area contributed by atoms with Gasteiger partial charge >= 0.3 is 0 Å². The standard InChI is InChI=1S/C18H28N2O4S/c1-19(2)17-9-13-11-20(12-14(13)10-18(17)24-4)25(21,22)16-7-5-15(23-3)6-8-16/h5-8,13-14,17-18H,9-12H2,1-4H3/t13-,14+,17-,18-/m1/s1. The second kappa shape index (κ2) is 7.23. The van der Waals surface area contributed by atoms with Crippen molar-refractivity contribution < 1.29 is 17.9 Å². The molecule has 1 saturated carbocycles. The molecule has 25 heavy (non-hydrogen) atoms. The van der Waals surface area contributed by atoms with E-state index < -0.39 is 10.0 Å². The predicted molar refractivity (Wildman–Crippen MR) is 96.2 cm³/mol. The van der Waals surface area contributed by atoms with Gasteiger partial charge in [-0.15, -0.1) is 0 Å². The van der Waals surface area contributed by atoms with E-state index in [4.69, 9.17) is 9.47 Å². The zero-order valence-electron chi connectivity index (χ0n) is 15.4. The Kier molecular flexibility index (Phi) is 5.39. The van der Waals surface area contributed by atoms with Gasteiger partial charge in [0.1, 0.15) is 5.75 Å². The number of nitrogens with zero attached hydrogens (tertiary/aromatic N) is 2. The van der Waals surface area contributed by atoms with Crippen molar-refractivity contribution >= 4 is 10.0 Å². The fourth-order valence-electron chi connectivity index (χ4n) is 4.24. The molecule has 3 rings (SSSR count). The summed E-state index contributed by atoms with van der Waals surface area (Å²) in [6.07, 6.45) is 2.06. The molecule has 6 nitrogen and oxygen atoms in total. The molecule has 0 spiro atoms. The lowest BCUT2D eigenvalue weighted by Crippen LogP contribution is -2.47. The Morgan fingerprint density at radius 2 is 1.64 bits per heavy atom. The lowest BCUT2D eigenvalue weighted by atomic mass is 9.77. The van der Waals surface area contributed by atoms with E-state index in [1.165, 1.54) is 0 Å². The largest absolute Gasteiger partial charge is 0.497 e. The van der Waals surface area contributed by atoms with E-state index in [0.717, 1.165) is 12.8 Å². The van der Waals surface area contributed by atoms with Crippen LogP contribution in [0.1, 0.15) is 12.8 Å². The maximum absolute atomic E-state index is 13.0. The molecule has 1 aliphatic heterocycles. The summed E-state index contributed by atoms with van der Waals surface area (Å²) in [6.45, 7) is 1.18. The second-order valence-electron chi connectivity index (χ2n) is 7.29. The minimum atomic E-state index is -3.46. The molecule has 0 unspecified atom stereocenters. The summed E-state index contributed by atoms with van der Waals surface area (Å²) < 4.78 is 38.4. The van der Waals surface area contributed by atoms with Gasteiger partial charge in [-0.3, -0.25) is 0 Å². The van der Waals surface area contributed by atoms with Crippen molar-refractivity contribution in [2.45, 2.75) is 29.9 Å². The number of likely N-dealkylation sites (N-methyl/N-ethyl adjacent to an activating group) is 1. The van der Waals surface area contributed by atoms with Crippen LogP contribution in [-0.4, -0.2) is 71.2 Å². The molecule has 2 aliphatic rings. The van der Waals surface area contributed by atoms with Crippen LogP contribution in [0.15, 0.2) is 29.2 Å². The quantitative estimate of drug-likeness (QED) is 0.791. The molecule has 140 valence electrons. The van der Waals surface area contributed by atoms with Crippen LogP contribution < -0.4 is 4.74 Å². The maximum Gasteiger partial charge on any atom is 0.243 e. The van der Waals surface area contributed by atoms with Gasteiger partial charge in [-0.25, -0.2) is 8.42 Å². The summed E-state index contributed by atoms with van der Waals surface area (Å²) in [5.41, 5.74) is 0. The first-order chi connectivity index (χ1) is 11.9. The molecule has 0 amide bonds. The summed E-state index contributed by atoms with van der Waals surface area (Å²) in [6, 6.07) is 6.97. The highest BCUT2D eigenvalue weighted by molar-refractivity contribution is 7.89. The number of hydrogen-bond donors (Lipinski definition) is 0. The Morgan fingerprint density at radius 1 is 1.04 bits per heavy atom. The number of ether oxygens (including phenoxy) is 2. The fraction of sp³-hybridized carbons (Fsp3) is 0.667. The Bertz CT molecular complexity index is 690. The average Bonchev–Trinajstić information content (AvgIpc) is 3.04. The normalized spacial score (nSPS) is 30.4. The fourth-order valence-corrected chi connectivity index (χ4v) is 5.79. The van der Waals surface area contributed by atoms with Crippen molar-refractivity contribution in [3.63, 3.8) is 0 Å². The van der Waals surface area contributed by atoms with Crippen molar-refractivity contribution in [3.8, 4) is 5.75 Å². The molecule has 2 fully saturated rings. The molecule has 1 heterocycles. The average molecular weight is 368 g/mol. The molecular formula is C18H28N2O4S. The highest BCUT2D eigenvalue weighted by Crippen LogP contribution is 2.40. The van der Waals surface area contributed by atoms with E-state index in [1.807, 2.05) is 0 Å². The molecule has 0 N–H and O–H groups in total. The molecular weight excluding hydrogens is 340 g/mol. The molecule has 0 radical (unpaired) electrons. The van der Waals surface area contributed by atoms with Gasteiger partial charge in [0.15, 0.2) is 0 Å². The van der Waals surface area contributed by atoms with Crippen LogP contribution in [-0.2, 0) is 14.8 Å². The van der Waals surface area contributed by atoms with Gasteiger partial charge < -0.3 is 14.4 Å². The van der Waals surface area contributed by atoms with Gasteiger partial charge in [0.2, 0.25) is 10.0 Å². The number of sulfonamides is 1. The molecule has 4 atom stereocenters. The summed E-state index contributed by atoms with van der Waals surface area (Å²) in [7, 11) is 4.00. The maximum atomic E-state index is 13.0. The van der Waals surface area contributed by atoms with Crippen molar-refractivity contribution in [1.29, 1.82) is 0 Å². The lowest BCUT2D eigenvalue weighted by Gasteiger charge is -2.40. The molecule has 7 heteroatoms. The molecule has 1 aliphatic carbocycles. The number of fused-ring (bicyclic) bond motifs is 1. The van der Waals surface area contributed by atoms with Crippen LogP contribution in [0.3, 0.4) is 0 Å². The van der Waals surface area contributed by atoms with Gasteiger partial charge in [0, 0.05) is 26.2 Å². The third kappa shape index (κ3) is 3.56. The van der Waals surface area contributed by atoms with Crippen molar-refractivity contribution in [1.82, 2.24) is 9.21 Å². The zero-order chi connectivity index (χ0) is 18.2. The van der Waals surface area contributed by atoms with Gasteiger partial charge in [-0.1, -0.05) is 0 Å². The Morgan fingerprint density at radius 3 is 2.16 bits per heavy atom. The summed E-state index contributed by atoms with van der Waals surface area (Å²) in [5.74, 6) is 1.42. The molecule has 0 aromatic heterocycles. The SMILES string of the molecule is COc1ccc(S(=O)(=O)N2C[C@H]3C[C@@H](N(C)C)[C@H](OC)C[C@H]3C2)cc1. The summed E-state index contributed by atoms with van der Waals surface area (Å²) in [5, 5.41) is 0. The molecule has 1 saturated heterocycles. The van der Waals surface area contributed by atoms with E-state index in [9.17, 15) is 8.42 Å². The zero-order valence-corrected chi connectivity index (χ0v) is 16.2. The van der Waals surface area contributed by atoms with E-state index in [2.05, 4.69) is 19.0 Å². The van der Waals surface area contributed by atoms with Crippen LogP contribution in [0.25, 0.3) is 0 Å². The number of hydrogen-bond acceptors (Lipinski definition) is 5. The van der Waals surface area contributed by atoms with E-state index >= 15 is 0 Å². The molecule has 1 aromatic carbocycles. The second-order valence-corrected chi connectivity index (χ2v) is 9.23. The topological polar surface area (TPSA) is 59.1 Å². The lowest BCUT2D eigenvalue weighted by molar-refractivity contribution is -0.0209. The van der Waals surface area contributed by atoms with E-state index in [1.54, 1.807) is 42.8 Å². The van der Waals surface area contributed by atoms with E-state index in [-0.39, 0.29) is 6.10 Å². The van der Waals surface area contributed by atoms with Gasteiger partial charge in [-0.05, 0) is 63.0 Å². The molecule has 0 bridgehead atoms. The first kappa shape index (κ1) is 18.6. The Labute approximate surface area is 150 Å². The first-order valence-electron chi connectivity index (χ1n) is 8.70. The minimum absolute atomic E-state index is 0.167. The molecule has 1 aromatic rings. The highest BCUT2D eigenvalue weighted by Gasteiger charge is 2.46. The van der Waals surface area contributed by atoms with Crippen molar-refractivity contribution in [2.24, 2.45) is 11.8 Å². The van der Waals surface area contributed by atoms with Crippen molar-refractivity contribution in [3.05, 3.63) is 24.3 Å². The summed E-state index contributed by atoms with van der Waals surface area (Å²) >= 11 is 0. The third-order valence-corrected chi connectivity index (χ3v) is 7.56. The van der Waals surface area contributed by atoms with Gasteiger partial charge in [0.25, 0.3) is 0 Å². The van der Waals surface area contributed by atoms with Crippen LogP contribution in [0.5, 0.6) is 5.75 Å². The minimum Gasteiger partial charge on any atom is -0.497 e. The number of benzene rings is 1. The highest BCUT2D eigenvalue weighted by atomic mass is 32.2. The van der Waals surface area contributed by atoms with Crippen LogP contribution >= 0.6 is 0 Å². The van der Waals surface area contributed by atoms with Crippen LogP contribution in [0.4, 0.5) is 0 Å². The summed E-state index contributed by atoms with van der Waals surface area (Å²) in [4.78, 5) is 2.53. The first-order valence-corrected chi connectivity index (χ1v) is 10.1. The third-order valence-electron chi connectivity index (χ3n) is 5.71. The van der Waals surface area contributed by atoms with Crippen LogP contribution in [0.2, 0.25) is 0 Å². The van der Waals surface area contributed by atoms with E-state index in [0.29, 0.717) is 41.6 Å². The van der Waals surface area contributed by atoms with Gasteiger partial charge in [-0.2, -0.15) is 4.31 Å². The Hall–Kier alpha value is -1.15. The monoisotopic (exact) mass is 368 g/mol.